The van der Waals surface area contributed by atoms with Gasteiger partial charge in [-0.3, -0.25) is 10.2 Å². The number of hydrazine groups is 1. The average Bonchev–Trinajstić information content (AvgIpc) is 2.39. The van der Waals surface area contributed by atoms with Crippen molar-refractivity contribution < 1.29 is 9.18 Å². The van der Waals surface area contributed by atoms with Crippen LogP contribution in [0.3, 0.4) is 0 Å². The first-order chi connectivity index (χ1) is 8.20. The van der Waals surface area contributed by atoms with E-state index in [9.17, 15) is 9.18 Å². The van der Waals surface area contributed by atoms with Crippen molar-refractivity contribution in [3.63, 3.8) is 0 Å². The number of nitrogens with one attached hydrogen (secondary N) is 1. The van der Waals surface area contributed by atoms with E-state index < -0.39 is 5.91 Å². The number of amides is 1. The summed E-state index contributed by atoms with van der Waals surface area (Å²) >= 11 is 0. The van der Waals surface area contributed by atoms with Crippen LogP contribution in [0.4, 0.5) is 4.39 Å². The van der Waals surface area contributed by atoms with Crippen LogP contribution in [0, 0.1) is 5.82 Å². The topological polar surface area (TPSA) is 80.9 Å². The Balaban J connectivity index is 2.29. The summed E-state index contributed by atoms with van der Waals surface area (Å²) in [5.74, 6) is 4.60. The maximum absolute atomic E-state index is 12.7. The summed E-state index contributed by atoms with van der Waals surface area (Å²) in [6.07, 6.45) is 2.71. The maximum atomic E-state index is 12.7. The van der Waals surface area contributed by atoms with E-state index in [1.807, 2.05) is 5.43 Å². The van der Waals surface area contributed by atoms with Crippen LogP contribution in [0.2, 0.25) is 0 Å². The minimum atomic E-state index is -0.462. The number of nitrogens with zero attached hydrogens (tertiary/aromatic N) is 2. The number of rotatable bonds is 2. The van der Waals surface area contributed by atoms with Gasteiger partial charge in [0.1, 0.15) is 5.82 Å². The monoisotopic (exact) mass is 232 g/mol. The first kappa shape index (κ1) is 11.2. The van der Waals surface area contributed by atoms with Gasteiger partial charge < -0.3 is 0 Å². The van der Waals surface area contributed by atoms with Gasteiger partial charge in [0.05, 0.1) is 5.56 Å². The van der Waals surface area contributed by atoms with Crippen molar-refractivity contribution >= 4 is 5.91 Å². The van der Waals surface area contributed by atoms with Crippen LogP contribution in [-0.4, -0.2) is 15.9 Å². The lowest BCUT2D eigenvalue weighted by Gasteiger charge is -2.01. The highest BCUT2D eigenvalue weighted by molar-refractivity contribution is 5.93. The third-order valence-electron chi connectivity index (χ3n) is 2.15. The molecule has 0 unspecified atom stereocenters. The summed E-state index contributed by atoms with van der Waals surface area (Å²) < 4.78 is 12.7. The highest BCUT2D eigenvalue weighted by Crippen LogP contribution is 2.14. The molecule has 1 aromatic heterocycles. The number of aromatic nitrogens is 2. The second kappa shape index (κ2) is 4.67. The minimum Gasteiger partial charge on any atom is -0.290 e. The van der Waals surface area contributed by atoms with Crippen LogP contribution in [0.1, 0.15) is 10.4 Å². The lowest BCUT2D eigenvalue weighted by atomic mass is 10.2. The van der Waals surface area contributed by atoms with Crippen molar-refractivity contribution in [2.75, 3.05) is 0 Å². The number of hydrogen-bond donors (Lipinski definition) is 2. The van der Waals surface area contributed by atoms with E-state index in [4.69, 9.17) is 5.84 Å². The quantitative estimate of drug-likeness (QED) is 0.457. The summed E-state index contributed by atoms with van der Waals surface area (Å²) in [5.41, 5.74) is 2.91. The van der Waals surface area contributed by atoms with Gasteiger partial charge >= 0.3 is 0 Å². The van der Waals surface area contributed by atoms with Crippen molar-refractivity contribution in [3.05, 3.63) is 48.0 Å². The molecular weight excluding hydrogens is 223 g/mol. The molecule has 1 aromatic carbocycles. The molecule has 0 saturated carbocycles. The van der Waals surface area contributed by atoms with E-state index in [2.05, 4.69) is 9.97 Å². The van der Waals surface area contributed by atoms with Gasteiger partial charge in [0.25, 0.3) is 5.91 Å². The van der Waals surface area contributed by atoms with Crippen LogP contribution in [-0.2, 0) is 0 Å². The summed E-state index contributed by atoms with van der Waals surface area (Å²) in [4.78, 5) is 19.1. The van der Waals surface area contributed by atoms with Gasteiger partial charge in [0, 0.05) is 18.0 Å². The van der Waals surface area contributed by atoms with Crippen molar-refractivity contribution in [2.45, 2.75) is 0 Å². The SMILES string of the molecule is NNC(=O)c1cnc(-c2ccc(F)cc2)nc1. The Bertz CT molecular complexity index is 524. The summed E-state index contributed by atoms with van der Waals surface area (Å²) in [6, 6.07) is 5.76. The lowest BCUT2D eigenvalue weighted by molar-refractivity contribution is 0.0953. The van der Waals surface area contributed by atoms with Crippen LogP contribution in [0.5, 0.6) is 0 Å². The molecule has 1 amide bonds. The van der Waals surface area contributed by atoms with Crippen molar-refractivity contribution in [1.29, 1.82) is 0 Å². The van der Waals surface area contributed by atoms with Crippen molar-refractivity contribution in [2.24, 2.45) is 5.84 Å². The Hall–Kier alpha value is -2.34. The average molecular weight is 232 g/mol. The number of halogens is 1. The fraction of sp³-hybridized carbons (Fsp3) is 0. The summed E-state index contributed by atoms with van der Waals surface area (Å²) in [5, 5.41) is 0. The Morgan fingerprint density at radius 3 is 2.29 bits per heavy atom. The van der Waals surface area contributed by atoms with Gasteiger partial charge in [-0.25, -0.2) is 20.2 Å². The fourth-order valence-corrected chi connectivity index (χ4v) is 1.28. The van der Waals surface area contributed by atoms with E-state index in [1.54, 1.807) is 12.1 Å². The van der Waals surface area contributed by atoms with Gasteiger partial charge in [0.2, 0.25) is 0 Å². The molecule has 0 fully saturated rings. The molecular formula is C11H9FN4O. The molecule has 17 heavy (non-hydrogen) atoms. The number of nitrogen functional groups attached to an aromatic ring is 1. The van der Waals surface area contributed by atoms with Crippen molar-refractivity contribution in [3.8, 4) is 11.4 Å². The highest BCUT2D eigenvalue weighted by atomic mass is 19.1. The van der Waals surface area contributed by atoms with Crippen LogP contribution in [0.15, 0.2) is 36.7 Å². The van der Waals surface area contributed by atoms with Crippen LogP contribution < -0.4 is 11.3 Å². The largest absolute Gasteiger partial charge is 0.290 e. The molecule has 6 heteroatoms. The Kier molecular flexibility index (Phi) is 3.06. The molecule has 2 aromatic rings. The van der Waals surface area contributed by atoms with E-state index in [0.29, 0.717) is 11.4 Å². The predicted molar refractivity (Wildman–Crippen MR) is 59.1 cm³/mol. The van der Waals surface area contributed by atoms with Gasteiger partial charge in [-0.05, 0) is 24.3 Å². The molecule has 3 N–H and O–H groups in total. The minimum absolute atomic E-state index is 0.262. The van der Waals surface area contributed by atoms with E-state index in [0.717, 1.165) is 0 Å². The smallest absolute Gasteiger partial charge is 0.268 e. The lowest BCUT2D eigenvalue weighted by Crippen LogP contribution is -2.30. The first-order valence-electron chi connectivity index (χ1n) is 4.79. The normalized spacial score (nSPS) is 10.0. The van der Waals surface area contributed by atoms with E-state index >= 15 is 0 Å². The number of carbonyl (C=O) groups is 1. The Labute approximate surface area is 96.5 Å². The second-order valence-corrected chi connectivity index (χ2v) is 3.28. The van der Waals surface area contributed by atoms with E-state index in [1.165, 1.54) is 24.5 Å². The van der Waals surface area contributed by atoms with Crippen LogP contribution in [0.25, 0.3) is 11.4 Å². The zero-order valence-electron chi connectivity index (χ0n) is 8.72. The molecule has 0 aliphatic rings. The standard InChI is InChI=1S/C11H9FN4O/c12-9-3-1-7(2-4-9)10-14-5-8(6-15-10)11(17)16-13/h1-6H,13H2,(H,16,17). The van der Waals surface area contributed by atoms with E-state index in [-0.39, 0.29) is 11.4 Å². The second-order valence-electron chi connectivity index (χ2n) is 3.28. The maximum Gasteiger partial charge on any atom is 0.268 e. The van der Waals surface area contributed by atoms with Gasteiger partial charge in [-0.2, -0.15) is 0 Å². The molecule has 0 aliphatic carbocycles. The molecule has 0 radical (unpaired) electrons. The van der Waals surface area contributed by atoms with Gasteiger partial charge in [0.15, 0.2) is 5.82 Å². The van der Waals surface area contributed by atoms with Gasteiger partial charge in [-0.1, -0.05) is 0 Å². The number of nitrogens with two attached hydrogens (primary N) is 1. The zero-order chi connectivity index (χ0) is 12.3. The molecule has 0 spiro atoms. The molecule has 0 bridgehead atoms. The number of carbonyl (C=O) groups excluding carboxylic acids is 1. The summed E-state index contributed by atoms with van der Waals surface area (Å²) in [6.45, 7) is 0. The van der Waals surface area contributed by atoms with Gasteiger partial charge in [-0.15, -0.1) is 0 Å². The molecule has 1 heterocycles. The Morgan fingerprint density at radius 2 is 1.76 bits per heavy atom. The highest BCUT2D eigenvalue weighted by Gasteiger charge is 2.06. The van der Waals surface area contributed by atoms with Crippen molar-refractivity contribution in [1.82, 2.24) is 15.4 Å². The number of hydrogen-bond acceptors (Lipinski definition) is 4. The zero-order valence-corrected chi connectivity index (χ0v) is 8.72. The fourth-order valence-electron chi connectivity index (χ4n) is 1.28. The predicted octanol–water partition coefficient (Wildman–Crippen LogP) is 0.886. The molecule has 0 aliphatic heterocycles. The first-order valence-corrected chi connectivity index (χ1v) is 4.79. The molecule has 2 rings (SSSR count). The summed E-state index contributed by atoms with van der Waals surface area (Å²) in [7, 11) is 0. The Morgan fingerprint density at radius 1 is 1.18 bits per heavy atom. The molecule has 0 saturated heterocycles. The third-order valence-corrected chi connectivity index (χ3v) is 2.15. The molecule has 86 valence electrons. The van der Waals surface area contributed by atoms with Crippen LogP contribution >= 0.6 is 0 Å². The molecule has 5 nitrogen and oxygen atoms in total. The third kappa shape index (κ3) is 2.43. The molecule has 0 atom stereocenters. The number of benzene rings is 1.